The highest BCUT2D eigenvalue weighted by molar-refractivity contribution is 7.89. The van der Waals surface area contributed by atoms with Crippen molar-refractivity contribution in [1.82, 2.24) is 14.3 Å². The van der Waals surface area contributed by atoms with Gasteiger partial charge in [-0.2, -0.15) is 5.10 Å². The number of carbonyl (C=O) groups excluding carboxylic acids is 1. The van der Waals surface area contributed by atoms with E-state index in [2.05, 4.69) is 5.10 Å². The van der Waals surface area contributed by atoms with Crippen LogP contribution in [0.15, 0.2) is 42.7 Å². The van der Waals surface area contributed by atoms with Crippen molar-refractivity contribution in [3.63, 3.8) is 0 Å². The number of aromatic nitrogens is 2. The number of sulfonamides is 1. The summed E-state index contributed by atoms with van der Waals surface area (Å²) in [6.07, 6.45) is 5.27. The van der Waals surface area contributed by atoms with E-state index >= 15 is 0 Å². The minimum atomic E-state index is -3.72. The number of hydrogen-bond donors (Lipinski definition) is 1. The summed E-state index contributed by atoms with van der Waals surface area (Å²) < 4.78 is 54.1. The number of halogens is 2. The molecule has 1 fully saturated rings. The first-order valence-electron chi connectivity index (χ1n) is 8.94. The maximum Gasteiger partial charge on any atom is 0.268 e. The van der Waals surface area contributed by atoms with E-state index in [1.54, 1.807) is 18.3 Å². The number of pyridine rings is 1. The van der Waals surface area contributed by atoms with Crippen LogP contribution in [0.2, 0.25) is 0 Å². The third kappa shape index (κ3) is 3.80. The average molecular weight is 420 g/mol. The summed E-state index contributed by atoms with van der Waals surface area (Å²) in [5, 5.41) is 4.07. The van der Waals surface area contributed by atoms with E-state index < -0.39 is 27.6 Å². The zero-order valence-electron chi connectivity index (χ0n) is 15.5. The molecular formula is C19H18F2N4O3S. The van der Waals surface area contributed by atoms with Crippen molar-refractivity contribution < 1.29 is 22.0 Å². The molecule has 1 aliphatic rings. The molecule has 4 rings (SSSR count). The maximum atomic E-state index is 14.3. The van der Waals surface area contributed by atoms with E-state index in [9.17, 15) is 22.0 Å². The lowest BCUT2D eigenvalue weighted by molar-refractivity contribution is 0.0983. The van der Waals surface area contributed by atoms with Crippen LogP contribution >= 0.6 is 0 Å². The van der Waals surface area contributed by atoms with Crippen molar-refractivity contribution >= 4 is 27.1 Å². The van der Waals surface area contributed by atoms with Gasteiger partial charge >= 0.3 is 0 Å². The number of nitrogens with one attached hydrogen (secondary N) is 1. The molecule has 1 aromatic carbocycles. The summed E-state index contributed by atoms with van der Waals surface area (Å²) in [5.41, 5.74) is 1.50. The van der Waals surface area contributed by atoms with Crippen LogP contribution in [-0.2, 0) is 10.0 Å². The van der Waals surface area contributed by atoms with Crippen molar-refractivity contribution in [2.45, 2.75) is 18.9 Å². The van der Waals surface area contributed by atoms with Crippen LogP contribution in [0.5, 0.6) is 0 Å². The summed E-state index contributed by atoms with van der Waals surface area (Å²) >= 11 is 0. The largest absolute Gasteiger partial charge is 0.364 e. The second-order valence-corrected chi connectivity index (χ2v) is 8.74. The smallest absolute Gasteiger partial charge is 0.268 e. The first kappa shape index (κ1) is 19.3. The molecule has 3 heterocycles. The summed E-state index contributed by atoms with van der Waals surface area (Å²) in [5.74, 6) is -1.75. The number of amides is 1. The normalized spacial score (nSPS) is 17.1. The fraction of sp³-hybridized carbons (Fsp3) is 0.263. The third-order valence-corrected chi connectivity index (χ3v) is 5.49. The molecule has 0 radical (unpaired) electrons. The Hall–Kier alpha value is -3.01. The van der Waals surface area contributed by atoms with E-state index in [0.29, 0.717) is 24.2 Å². The highest BCUT2D eigenvalue weighted by atomic mass is 32.2. The van der Waals surface area contributed by atoms with Crippen LogP contribution in [0.1, 0.15) is 34.8 Å². The van der Waals surface area contributed by atoms with E-state index in [1.165, 1.54) is 16.8 Å². The van der Waals surface area contributed by atoms with Crippen LogP contribution in [0.4, 0.5) is 14.5 Å². The van der Waals surface area contributed by atoms with E-state index in [0.717, 1.165) is 24.8 Å². The van der Waals surface area contributed by atoms with Crippen LogP contribution in [0.25, 0.3) is 5.52 Å². The molecule has 0 bridgehead atoms. The first-order chi connectivity index (χ1) is 13.7. The lowest BCUT2D eigenvalue weighted by atomic mass is 10.0. The summed E-state index contributed by atoms with van der Waals surface area (Å²) in [6, 6.07) is 6.54. The second-order valence-electron chi connectivity index (χ2n) is 6.99. The summed E-state index contributed by atoms with van der Waals surface area (Å²) in [4.78, 5) is 14.2. The molecule has 2 aromatic heterocycles. The SMILES string of the molecule is CS(=O)(=O)NC(=O)c1cnn2ccc(N3CCC[C@@H]3c3cc(F)ccc3F)cc12. The average Bonchev–Trinajstić information content (AvgIpc) is 3.28. The number of fused-ring (bicyclic) bond motifs is 1. The van der Waals surface area contributed by atoms with Gasteiger partial charge in [-0.3, -0.25) is 4.79 Å². The van der Waals surface area contributed by atoms with Gasteiger partial charge in [-0.15, -0.1) is 0 Å². The van der Waals surface area contributed by atoms with Crippen LogP contribution < -0.4 is 9.62 Å². The Labute approximate surface area is 166 Å². The Morgan fingerprint density at radius 2 is 2.03 bits per heavy atom. The van der Waals surface area contributed by atoms with Crippen LogP contribution in [0.3, 0.4) is 0 Å². The number of benzene rings is 1. The Morgan fingerprint density at radius 3 is 2.79 bits per heavy atom. The first-order valence-corrected chi connectivity index (χ1v) is 10.8. The standard InChI is InChI=1S/C19H18F2N4O3S/c1-29(27,28)23-19(26)15-11-22-25-8-6-13(10-18(15)25)24-7-2-3-17(24)14-9-12(20)4-5-16(14)21/h4-6,8-11,17H,2-3,7H2,1H3,(H,23,26)/t17-/m1/s1. The molecule has 1 amide bonds. The Morgan fingerprint density at radius 1 is 1.24 bits per heavy atom. The Bertz CT molecular complexity index is 1210. The third-order valence-electron chi connectivity index (χ3n) is 4.93. The second kappa shape index (κ2) is 7.11. The molecule has 1 N–H and O–H groups in total. The van der Waals surface area contributed by atoms with Gasteiger partial charge in [-0.25, -0.2) is 26.4 Å². The molecule has 1 saturated heterocycles. The zero-order chi connectivity index (χ0) is 20.8. The van der Waals surface area contributed by atoms with Crippen LogP contribution in [0, 0.1) is 11.6 Å². The quantitative estimate of drug-likeness (QED) is 0.702. The van der Waals surface area contributed by atoms with Gasteiger partial charge in [-0.1, -0.05) is 0 Å². The highest BCUT2D eigenvalue weighted by Gasteiger charge is 2.29. The fourth-order valence-corrected chi connectivity index (χ4v) is 4.16. The molecule has 29 heavy (non-hydrogen) atoms. The topological polar surface area (TPSA) is 83.8 Å². The van der Waals surface area contributed by atoms with Gasteiger partial charge in [-0.05, 0) is 43.2 Å². The molecule has 7 nitrogen and oxygen atoms in total. The predicted molar refractivity (Wildman–Crippen MR) is 103 cm³/mol. The van der Waals surface area contributed by atoms with Crippen molar-refractivity contribution in [2.24, 2.45) is 0 Å². The predicted octanol–water partition coefficient (Wildman–Crippen LogP) is 2.64. The molecule has 3 aromatic rings. The monoisotopic (exact) mass is 420 g/mol. The van der Waals surface area contributed by atoms with Crippen molar-refractivity contribution in [2.75, 3.05) is 17.7 Å². The van der Waals surface area contributed by atoms with Gasteiger partial charge < -0.3 is 4.90 Å². The number of hydrogen-bond acceptors (Lipinski definition) is 5. The molecule has 0 spiro atoms. The van der Waals surface area contributed by atoms with Gasteiger partial charge in [0.05, 0.1) is 29.6 Å². The van der Waals surface area contributed by atoms with Gasteiger partial charge in [0, 0.05) is 24.0 Å². The Balaban J connectivity index is 1.73. The lowest BCUT2D eigenvalue weighted by Gasteiger charge is -2.27. The number of nitrogens with zero attached hydrogens (tertiary/aromatic N) is 3. The highest BCUT2D eigenvalue weighted by Crippen LogP contribution is 2.38. The van der Waals surface area contributed by atoms with E-state index in [-0.39, 0.29) is 17.2 Å². The van der Waals surface area contributed by atoms with Crippen molar-refractivity contribution in [3.8, 4) is 0 Å². The van der Waals surface area contributed by atoms with Gasteiger partial charge in [0.1, 0.15) is 11.6 Å². The molecule has 152 valence electrons. The Kier molecular flexibility index (Phi) is 4.73. The number of carbonyl (C=O) groups is 1. The van der Waals surface area contributed by atoms with Crippen molar-refractivity contribution in [3.05, 3.63) is 65.5 Å². The molecule has 1 atom stereocenters. The zero-order valence-corrected chi connectivity index (χ0v) is 16.3. The number of anilines is 1. The maximum absolute atomic E-state index is 14.3. The van der Waals surface area contributed by atoms with Crippen LogP contribution in [-0.4, -0.2) is 36.7 Å². The number of rotatable bonds is 4. The summed E-state index contributed by atoms with van der Waals surface area (Å²) in [7, 11) is -3.72. The molecular weight excluding hydrogens is 402 g/mol. The van der Waals surface area contributed by atoms with Gasteiger partial charge in [0.15, 0.2) is 0 Å². The van der Waals surface area contributed by atoms with E-state index in [1.807, 2.05) is 9.62 Å². The van der Waals surface area contributed by atoms with E-state index in [4.69, 9.17) is 0 Å². The molecule has 0 aliphatic carbocycles. The lowest BCUT2D eigenvalue weighted by Crippen LogP contribution is -2.29. The minimum Gasteiger partial charge on any atom is -0.364 e. The molecule has 10 heteroatoms. The molecule has 1 aliphatic heterocycles. The minimum absolute atomic E-state index is 0.102. The van der Waals surface area contributed by atoms with Crippen molar-refractivity contribution in [1.29, 1.82) is 0 Å². The fourth-order valence-electron chi connectivity index (χ4n) is 3.72. The van der Waals surface area contributed by atoms with Gasteiger partial charge in [0.25, 0.3) is 5.91 Å². The molecule has 0 saturated carbocycles. The summed E-state index contributed by atoms with van der Waals surface area (Å²) in [6.45, 7) is 0.635. The molecule has 0 unspecified atom stereocenters. The van der Waals surface area contributed by atoms with Gasteiger partial charge in [0.2, 0.25) is 10.0 Å².